The molecule has 2 saturated heterocycles. The lowest BCUT2D eigenvalue weighted by Crippen LogP contribution is -2.47. The predicted molar refractivity (Wildman–Crippen MR) is 79.0 cm³/mol. The number of allylic oxidation sites excluding steroid dienone is 1. The number of hydrogen-bond donors (Lipinski definition) is 1. The maximum Gasteiger partial charge on any atom is 0.233 e. The molecule has 0 bridgehead atoms. The maximum absolute atomic E-state index is 12.8. The quantitative estimate of drug-likeness (QED) is 0.740. The van der Waals surface area contributed by atoms with Gasteiger partial charge in [-0.2, -0.15) is 0 Å². The molecule has 0 spiro atoms. The highest BCUT2D eigenvalue weighted by atomic mass is 16.5. The number of imide groups is 1. The fraction of sp³-hybridized carbons (Fsp3) is 0.706. The summed E-state index contributed by atoms with van der Waals surface area (Å²) in [6.07, 6.45) is 4.91. The monoisotopic (exact) mass is 319 g/mol. The summed E-state index contributed by atoms with van der Waals surface area (Å²) in [5.41, 5.74) is 0. The Morgan fingerprint density at radius 2 is 1.91 bits per heavy atom. The van der Waals surface area contributed by atoms with Crippen molar-refractivity contribution >= 4 is 17.6 Å². The van der Waals surface area contributed by atoms with E-state index in [1.165, 1.54) is 17.1 Å². The lowest BCUT2D eigenvalue weighted by molar-refractivity contribution is -0.142. The summed E-state index contributed by atoms with van der Waals surface area (Å²) < 4.78 is 5.55. The third-order valence-electron chi connectivity index (χ3n) is 5.86. The first kappa shape index (κ1) is 15.0. The summed E-state index contributed by atoms with van der Waals surface area (Å²) in [6, 6.07) is 0. The highest BCUT2D eigenvalue weighted by molar-refractivity contribution is 6.06. The van der Waals surface area contributed by atoms with Crippen molar-refractivity contribution in [1.82, 2.24) is 4.90 Å². The van der Waals surface area contributed by atoms with Gasteiger partial charge in [-0.15, -0.1) is 0 Å². The first-order valence-corrected chi connectivity index (χ1v) is 8.45. The smallest absolute Gasteiger partial charge is 0.233 e. The number of aliphatic hydroxyl groups excluding tert-OH is 1. The molecule has 0 radical (unpaired) electrons. The molecule has 6 atom stereocenters. The van der Waals surface area contributed by atoms with Crippen LogP contribution in [0.5, 0.6) is 0 Å². The number of fused-ring (bicyclic) bond motifs is 3. The topological polar surface area (TPSA) is 83.9 Å². The number of aliphatic hydroxyl groups is 1. The van der Waals surface area contributed by atoms with Crippen LogP contribution in [0.25, 0.3) is 0 Å². The third kappa shape index (κ3) is 2.27. The van der Waals surface area contributed by atoms with Crippen molar-refractivity contribution < 1.29 is 24.2 Å². The highest BCUT2D eigenvalue weighted by Crippen LogP contribution is 2.48. The molecule has 1 N–H and O–H groups in total. The van der Waals surface area contributed by atoms with Gasteiger partial charge >= 0.3 is 0 Å². The number of likely N-dealkylation sites (tertiary alicyclic amines) is 1. The van der Waals surface area contributed by atoms with Gasteiger partial charge in [0.25, 0.3) is 0 Å². The van der Waals surface area contributed by atoms with Crippen molar-refractivity contribution in [2.24, 2.45) is 23.7 Å². The van der Waals surface area contributed by atoms with Gasteiger partial charge in [-0.05, 0) is 31.8 Å². The molecule has 124 valence electrons. The van der Waals surface area contributed by atoms with E-state index in [9.17, 15) is 19.5 Å². The van der Waals surface area contributed by atoms with Gasteiger partial charge < -0.3 is 9.84 Å². The molecule has 1 saturated carbocycles. The number of hydrogen-bond acceptors (Lipinski definition) is 5. The van der Waals surface area contributed by atoms with Crippen LogP contribution in [-0.2, 0) is 19.1 Å². The van der Waals surface area contributed by atoms with Crippen molar-refractivity contribution in [2.45, 2.75) is 37.9 Å². The van der Waals surface area contributed by atoms with Gasteiger partial charge in [0.15, 0.2) is 5.78 Å². The second-order valence-corrected chi connectivity index (χ2v) is 7.07. The fourth-order valence-electron chi connectivity index (χ4n) is 4.75. The van der Waals surface area contributed by atoms with E-state index in [0.29, 0.717) is 26.0 Å². The van der Waals surface area contributed by atoms with Crippen LogP contribution in [0.15, 0.2) is 12.2 Å². The molecule has 6 nitrogen and oxygen atoms in total. The molecular weight excluding hydrogens is 298 g/mol. The second kappa shape index (κ2) is 5.53. The predicted octanol–water partition coefficient (Wildman–Crippen LogP) is 0.293. The molecule has 4 aliphatic rings. The number of ether oxygens (including phenoxy) is 1. The van der Waals surface area contributed by atoms with Crippen LogP contribution in [0.4, 0.5) is 0 Å². The Morgan fingerprint density at radius 3 is 2.65 bits per heavy atom. The Labute approximate surface area is 134 Å². The van der Waals surface area contributed by atoms with Gasteiger partial charge in [0.05, 0.1) is 30.6 Å². The Kier molecular flexibility index (Phi) is 3.61. The van der Waals surface area contributed by atoms with Crippen LogP contribution in [0, 0.1) is 23.7 Å². The molecular formula is C17H21NO5. The minimum atomic E-state index is -0.829. The van der Waals surface area contributed by atoms with Crippen molar-refractivity contribution in [1.29, 1.82) is 0 Å². The van der Waals surface area contributed by atoms with Gasteiger partial charge in [0.1, 0.15) is 0 Å². The van der Waals surface area contributed by atoms with Gasteiger partial charge in [0, 0.05) is 18.4 Å². The van der Waals surface area contributed by atoms with Gasteiger partial charge in [-0.1, -0.05) is 6.08 Å². The van der Waals surface area contributed by atoms with E-state index in [2.05, 4.69) is 0 Å². The average Bonchev–Trinajstić information content (AvgIpc) is 3.14. The Hall–Kier alpha value is -1.53. The maximum atomic E-state index is 12.8. The summed E-state index contributed by atoms with van der Waals surface area (Å²) in [5, 5.41) is 10.3. The molecule has 6 heteroatoms. The van der Waals surface area contributed by atoms with E-state index in [1.54, 1.807) is 0 Å². The van der Waals surface area contributed by atoms with Crippen LogP contribution in [0.2, 0.25) is 0 Å². The van der Waals surface area contributed by atoms with Gasteiger partial charge in [0.2, 0.25) is 11.8 Å². The van der Waals surface area contributed by atoms with Gasteiger partial charge in [-0.25, -0.2) is 0 Å². The van der Waals surface area contributed by atoms with Crippen molar-refractivity contribution in [3.05, 3.63) is 12.2 Å². The summed E-state index contributed by atoms with van der Waals surface area (Å²) in [6.45, 7) is 0.985. The van der Waals surface area contributed by atoms with Crippen LogP contribution in [0.3, 0.4) is 0 Å². The molecule has 0 aromatic carbocycles. The molecule has 23 heavy (non-hydrogen) atoms. The number of carbonyl (C=O) groups is 3. The van der Waals surface area contributed by atoms with Crippen molar-refractivity contribution in [3.63, 3.8) is 0 Å². The van der Waals surface area contributed by atoms with Crippen LogP contribution >= 0.6 is 0 Å². The van der Waals surface area contributed by atoms with E-state index in [0.717, 1.165) is 12.8 Å². The molecule has 2 amide bonds. The lowest BCUT2D eigenvalue weighted by atomic mass is 9.62. The molecule has 0 aromatic heterocycles. The van der Waals surface area contributed by atoms with Crippen molar-refractivity contribution in [2.75, 3.05) is 13.2 Å². The summed E-state index contributed by atoms with van der Waals surface area (Å²) >= 11 is 0. The molecule has 4 rings (SSSR count). The summed E-state index contributed by atoms with van der Waals surface area (Å²) in [4.78, 5) is 38.9. The summed E-state index contributed by atoms with van der Waals surface area (Å²) in [5.74, 6) is -2.16. The van der Waals surface area contributed by atoms with Crippen molar-refractivity contribution in [3.8, 4) is 0 Å². The van der Waals surface area contributed by atoms with E-state index in [4.69, 9.17) is 4.74 Å². The minimum Gasteiger partial charge on any atom is -0.389 e. The number of nitrogens with zero attached hydrogens (tertiary/aromatic N) is 1. The molecule has 0 aromatic rings. The van der Waals surface area contributed by atoms with Crippen LogP contribution < -0.4 is 0 Å². The standard InChI is InChI=1S/C17H21NO5/c19-12-5-6-13(20)14-10(12)3-4-11-15(14)17(22)18(16(11)21)8-9-2-1-7-23-9/h5-6,9-11,13-15,20H,1-4,7-8H2/t9-,10-,11+,13+,14+,15+/m0/s1. The molecule has 2 aliphatic heterocycles. The normalized spacial score (nSPS) is 43.0. The minimum absolute atomic E-state index is 0.0309. The molecule has 3 fully saturated rings. The molecule has 0 unspecified atom stereocenters. The molecule has 2 aliphatic carbocycles. The Balaban J connectivity index is 1.60. The van der Waals surface area contributed by atoms with Crippen LogP contribution in [0.1, 0.15) is 25.7 Å². The lowest BCUT2D eigenvalue weighted by Gasteiger charge is -2.40. The van der Waals surface area contributed by atoms with E-state index >= 15 is 0 Å². The van der Waals surface area contributed by atoms with E-state index in [-0.39, 0.29) is 35.5 Å². The number of rotatable bonds is 2. The van der Waals surface area contributed by atoms with Crippen LogP contribution in [-0.4, -0.2) is 53.0 Å². The second-order valence-electron chi connectivity index (χ2n) is 7.07. The summed E-state index contributed by atoms with van der Waals surface area (Å²) in [7, 11) is 0. The van der Waals surface area contributed by atoms with E-state index < -0.39 is 17.9 Å². The zero-order valence-electron chi connectivity index (χ0n) is 12.9. The number of ketones is 1. The average molecular weight is 319 g/mol. The van der Waals surface area contributed by atoms with Gasteiger partial charge in [-0.3, -0.25) is 19.3 Å². The zero-order chi connectivity index (χ0) is 16.1. The number of amides is 2. The SMILES string of the molecule is O=C1C=C[C@@H](O)[C@@H]2[C@@H]3C(=O)N(C[C@@H]4CCCO4)C(=O)[C@@H]3CC[C@@H]12. The Bertz CT molecular complexity index is 580. The highest BCUT2D eigenvalue weighted by Gasteiger charge is 2.58. The zero-order valence-corrected chi connectivity index (χ0v) is 12.9. The first-order valence-electron chi connectivity index (χ1n) is 8.45. The largest absolute Gasteiger partial charge is 0.389 e. The fourth-order valence-corrected chi connectivity index (χ4v) is 4.75. The molecule has 2 heterocycles. The van der Waals surface area contributed by atoms with E-state index in [1.807, 2.05) is 0 Å². The third-order valence-corrected chi connectivity index (χ3v) is 5.86. The first-order chi connectivity index (χ1) is 11.1. The number of carbonyl (C=O) groups excluding carboxylic acids is 3. The Morgan fingerprint density at radius 1 is 1.13 bits per heavy atom.